The van der Waals surface area contributed by atoms with Gasteiger partial charge in [-0.05, 0) is 51.4 Å². The Bertz CT molecular complexity index is 716. The average molecular weight is 559 g/mol. The normalized spacial score (nSPS) is 13.2. The summed E-state index contributed by atoms with van der Waals surface area (Å²) >= 11 is 0. The average Bonchev–Trinajstić information content (AvgIpc) is 2.93. The fourth-order valence-electron chi connectivity index (χ4n) is 4.93. The standard InChI is InChI=1S/C36H62O4/c1-3-5-7-9-11-13-15-17-19-21-23-25-27-29-31-33(35(37)38)34(36(39)40)32-30-28-26-24-22-20-18-16-14-12-10-8-6-4-2/h11,13,17,19,28,30,32-33H,3-10,12,14-16,18,20-27,29,31H2,1-2H3,(H,37,38)(H,39,40)/b13-11-,19-17-,30-28-,34-32-. The zero-order chi connectivity index (χ0) is 29.5. The summed E-state index contributed by atoms with van der Waals surface area (Å²) in [6.07, 6.45) is 40.6. The Kier molecular flexibility index (Phi) is 28.3. The number of hydrogen-bond acceptors (Lipinski definition) is 2. The number of carbonyl (C=O) groups is 2. The molecule has 0 aliphatic carbocycles. The lowest BCUT2D eigenvalue weighted by Crippen LogP contribution is -2.21. The first-order valence-electron chi connectivity index (χ1n) is 16.7. The Balaban J connectivity index is 4.11. The van der Waals surface area contributed by atoms with E-state index in [4.69, 9.17) is 0 Å². The second kappa shape index (κ2) is 29.9. The predicted octanol–water partition coefficient (Wildman–Crippen LogP) is 11.4. The molecule has 4 heteroatoms. The second-order valence-electron chi connectivity index (χ2n) is 11.2. The topological polar surface area (TPSA) is 74.6 Å². The minimum absolute atomic E-state index is 0.00614. The molecule has 40 heavy (non-hydrogen) atoms. The summed E-state index contributed by atoms with van der Waals surface area (Å²) in [5, 5.41) is 19.3. The molecule has 1 atom stereocenters. The van der Waals surface area contributed by atoms with Gasteiger partial charge in [-0.15, -0.1) is 0 Å². The number of hydrogen-bond donors (Lipinski definition) is 2. The van der Waals surface area contributed by atoms with E-state index in [-0.39, 0.29) is 5.57 Å². The second-order valence-corrected chi connectivity index (χ2v) is 11.2. The Hall–Kier alpha value is -2.10. The number of aliphatic carboxylic acids is 2. The molecule has 0 radical (unpaired) electrons. The molecule has 1 unspecified atom stereocenters. The van der Waals surface area contributed by atoms with Crippen molar-refractivity contribution < 1.29 is 19.8 Å². The smallest absolute Gasteiger partial charge is 0.332 e. The van der Waals surface area contributed by atoms with Crippen molar-refractivity contribution in [2.24, 2.45) is 5.92 Å². The molecule has 0 fully saturated rings. The van der Waals surface area contributed by atoms with Crippen molar-refractivity contribution in [1.82, 2.24) is 0 Å². The van der Waals surface area contributed by atoms with Crippen molar-refractivity contribution in [3.05, 3.63) is 48.1 Å². The lowest BCUT2D eigenvalue weighted by molar-refractivity contribution is -0.144. The van der Waals surface area contributed by atoms with Gasteiger partial charge in [-0.2, -0.15) is 0 Å². The molecule has 0 aromatic carbocycles. The van der Waals surface area contributed by atoms with Gasteiger partial charge in [-0.25, -0.2) is 4.79 Å². The van der Waals surface area contributed by atoms with E-state index in [0.29, 0.717) is 6.42 Å². The molecule has 0 spiro atoms. The van der Waals surface area contributed by atoms with Gasteiger partial charge in [-0.1, -0.05) is 153 Å². The van der Waals surface area contributed by atoms with Gasteiger partial charge in [0.05, 0.1) is 11.5 Å². The first-order chi connectivity index (χ1) is 19.5. The van der Waals surface area contributed by atoms with Crippen molar-refractivity contribution in [1.29, 1.82) is 0 Å². The van der Waals surface area contributed by atoms with Crippen molar-refractivity contribution in [3.8, 4) is 0 Å². The maximum atomic E-state index is 11.8. The highest BCUT2D eigenvalue weighted by atomic mass is 16.4. The van der Waals surface area contributed by atoms with Gasteiger partial charge in [0, 0.05) is 0 Å². The molecule has 230 valence electrons. The van der Waals surface area contributed by atoms with E-state index < -0.39 is 17.9 Å². The van der Waals surface area contributed by atoms with Crippen molar-refractivity contribution in [2.45, 2.75) is 162 Å². The fraction of sp³-hybridized carbons (Fsp3) is 0.722. The van der Waals surface area contributed by atoms with Crippen LogP contribution in [0.15, 0.2) is 48.1 Å². The number of rotatable bonds is 29. The zero-order valence-corrected chi connectivity index (χ0v) is 26.1. The highest BCUT2D eigenvalue weighted by molar-refractivity contribution is 5.94. The van der Waals surface area contributed by atoms with E-state index in [2.05, 4.69) is 38.2 Å². The predicted molar refractivity (Wildman–Crippen MR) is 172 cm³/mol. The molecule has 0 amide bonds. The molecule has 4 nitrogen and oxygen atoms in total. The molecule has 0 saturated carbocycles. The van der Waals surface area contributed by atoms with Gasteiger partial charge in [0.2, 0.25) is 0 Å². The fourth-order valence-corrected chi connectivity index (χ4v) is 4.93. The minimum Gasteiger partial charge on any atom is -0.481 e. The first-order valence-corrected chi connectivity index (χ1v) is 16.7. The summed E-state index contributed by atoms with van der Waals surface area (Å²) in [7, 11) is 0. The van der Waals surface area contributed by atoms with Crippen LogP contribution < -0.4 is 0 Å². The maximum Gasteiger partial charge on any atom is 0.332 e. The molecule has 0 saturated heterocycles. The molecule has 0 bridgehead atoms. The summed E-state index contributed by atoms with van der Waals surface area (Å²) in [6.45, 7) is 4.48. The van der Waals surface area contributed by atoms with E-state index in [1.165, 1.54) is 96.0 Å². The van der Waals surface area contributed by atoms with Crippen LogP contribution in [0.5, 0.6) is 0 Å². The Morgan fingerprint density at radius 1 is 0.550 bits per heavy atom. The molecular formula is C36H62O4. The molecule has 0 aromatic rings. The molecule has 0 aromatic heterocycles. The van der Waals surface area contributed by atoms with E-state index in [0.717, 1.165) is 51.4 Å². The third-order valence-corrected chi connectivity index (χ3v) is 7.50. The van der Waals surface area contributed by atoms with Gasteiger partial charge < -0.3 is 10.2 Å². The molecule has 0 rings (SSSR count). The quantitative estimate of drug-likeness (QED) is 0.0414. The van der Waals surface area contributed by atoms with Crippen molar-refractivity contribution >= 4 is 11.9 Å². The maximum absolute atomic E-state index is 11.8. The van der Waals surface area contributed by atoms with E-state index in [1.54, 1.807) is 6.08 Å². The number of allylic oxidation sites excluding steroid dienone is 7. The van der Waals surface area contributed by atoms with Crippen LogP contribution >= 0.6 is 0 Å². The SMILES string of the molecule is CCCCC/C=C\C/C=C\CCCCCCC(C(=O)O)/C(=C/C=C\CCCCCCCCCCCCC)C(=O)O. The van der Waals surface area contributed by atoms with Gasteiger partial charge in [0.15, 0.2) is 0 Å². The van der Waals surface area contributed by atoms with E-state index >= 15 is 0 Å². The zero-order valence-electron chi connectivity index (χ0n) is 26.1. The largest absolute Gasteiger partial charge is 0.481 e. The summed E-state index contributed by atoms with van der Waals surface area (Å²) in [5.41, 5.74) is -0.00614. The van der Waals surface area contributed by atoms with Crippen LogP contribution in [0, 0.1) is 5.92 Å². The third kappa shape index (κ3) is 24.9. The molecule has 0 aliphatic heterocycles. The van der Waals surface area contributed by atoms with Gasteiger partial charge >= 0.3 is 11.9 Å². The van der Waals surface area contributed by atoms with Crippen LogP contribution in [-0.4, -0.2) is 22.2 Å². The van der Waals surface area contributed by atoms with Crippen LogP contribution in [0.3, 0.4) is 0 Å². The summed E-state index contributed by atoms with van der Waals surface area (Å²) in [4.78, 5) is 23.6. The van der Waals surface area contributed by atoms with Crippen LogP contribution in [0.1, 0.15) is 162 Å². The summed E-state index contributed by atoms with van der Waals surface area (Å²) in [5.74, 6) is -3.12. The van der Waals surface area contributed by atoms with E-state index in [1.807, 2.05) is 6.08 Å². The van der Waals surface area contributed by atoms with Crippen LogP contribution in [0.2, 0.25) is 0 Å². The van der Waals surface area contributed by atoms with Crippen LogP contribution in [-0.2, 0) is 9.59 Å². The third-order valence-electron chi connectivity index (χ3n) is 7.50. The van der Waals surface area contributed by atoms with Crippen molar-refractivity contribution in [3.63, 3.8) is 0 Å². The van der Waals surface area contributed by atoms with Gasteiger partial charge in [0.1, 0.15) is 0 Å². The molecule has 0 aliphatic rings. The Labute approximate surface area is 247 Å². The molecular weight excluding hydrogens is 496 g/mol. The summed E-state index contributed by atoms with van der Waals surface area (Å²) in [6, 6.07) is 0. The number of carboxylic acids is 2. The minimum atomic E-state index is -1.13. The Morgan fingerprint density at radius 2 is 0.975 bits per heavy atom. The van der Waals surface area contributed by atoms with Gasteiger partial charge in [0.25, 0.3) is 0 Å². The molecule has 0 heterocycles. The first kappa shape index (κ1) is 37.9. The Morgan fingerprint density at radius 3 is 1.48 bits per heavy atom. The molecule has 2 N–H and O–H groups in total. The monoisotopic (exact) mass is 558 g/mol. The number of unbranched alkanes of at least 4 members (excludes halogenated alkanes) is 18. The van der Waals surface area contributed by atoms with Gasteiger partial charge in [-0.3, -0.25) is 4.79 Å². The highest BCUT2D eigenvalue weighted by Crippen LogP contribution is 2.21. The van der Waals surface area contributed by atoms with Crippen LogP contribution in [0.25, 0.3) is 0 Å². The number of carboxylic acid groups (broad SMARTS) is 2. The summed E-state index contributed by atoms with van der Waals surface area (Å²) < 4.78 is 0. The van der Waals surface area contributed by atoms with Crippen LogP contribution in [0.4, 0.5) is 0 Å². The van der Waals surface area contributed by atoms with E-state index in [9.17, 15) is 19.8 Å². The lowest BCUT2D eigenvalue weighted by atomic mass is 9.92. The lowest BCUT2D eigenvalue weighted by Gasteiger charge is -2.13. The highest BCUT2D eigenvalue weighted by Gasteiger charge is 2.26. The van der Waals surface area contributed by atoms with Crippen molar-refractivity contribution in [2.75, 3.05) is 0 Å².